The van der Waals surface area contributed by atoms with Crippen molar-refractivity contribution in [3.05, 3.63) is 76.7 Å². The van der Waals surface area contributed by atoms with Gasteiger partial charge in [-0.25, -0.2) is 14.4 Å². The maximum atomic E-state index is 13.7. The summed E-state index contributed by atoms with van der Waals surface area (Å²) in [6, 6.07) is 14.1. The van der Waals surface area contributed by atoms with Crippen LogP contribution in [0.25, 0.3) is 11.4 Å². The Hall–Kier alpha value is -3.28. The standard InChI is InChI=1S/C25H27FN4O/c1-4-21-18(3)27-23(19-9-7-10-20(26)16-19)28-24(21)29-12-14-30(15-13-29)25(31)22-11-6-5-8-17(22)2/h5-11,16H,4,12-15H2,1-3H3. The van der Waals surface area contributed by atoms with Crippen LogP contribution in [0.5, 0.6) is 0 Å². The molecular formula is C25H27FN4O. The fourth-order valence-electron chi connectivity index (χ4n) is 4.12. The lowest BCUT2D eigenvalue weighted by atomic mass is 10.1. The fraction of sp³-hybridized carbons (Fsp3) is 0.320. The molecule has 1 amide bonds. The molecule has 3 aromatic rings. The van der Waals surface area contributed by atoms with Crippen LogP contribution in [0.3, 0.4) is 0 Å². The summed E-state index contributed by atoms with van der Waals surface area (Å²) in [7, 11) is 0. The fourth-order valence-corrected chi connectivity index (χ4v) is 4.12. The van der Waals surface area contributed by atoms with Gasteiger partial charge in [-0.15, -0.1) is 0 Å². The lowest BCUT2D eigenvalue weighted by Gasteiger charge is -2.36. The van der Waals surface area contributed by atoms with Crippen molar-refractivity contribution in [2.24, 2.45) is 0 Å². The van der Waals surface area contributed by atoms with E-state index in [0.29, 0.717) is 37.6 Å². The second-order valence-electron chi connectivity index (χ2n) is 7.89. The van der Waals surface area contributed by atoms with Crippen molar-refractivity contribution in [2.45, 2.75) is 27.2 Å². The Labute approximate surface area is 182 Å². The second kappa shape index (κ2) is 8.84. The predicted octanol–water partition coefficient (Wildman–Crippen LogP) is 4.42. The van der Waals surface area contributed by atoms with E-state index in [1.54, 1.807) is 6.07 Å². The number of anilines is 1. The number of carbonyl (C=O) groups excluding carboxylic acids is 1. The molecule has 0 bridgehead atoms. The van der Waals surface area contributed by atoms with Gasteiger partial charge in [-0.2, -0.15) is 0 Å². The third-order valence-electron chi connectivity index (χ3n) is 5.87. The average Bonchev–Trinajstić information content (AvgIpc) is 2.78. The minimum atomic E-state index is -0.303. The monoisotopic (exact) mass is 418 g/mol. The first-order valence-corrected chi connectivity index (χ1v) is 10.7. The Balaban J connectivity index is 1.58. The molecular weight excluding hydrogens is 391 g/mol. The number of hydrogen-bond donors (Lipinski definition) is 0. The van der Waals surface area contributed by atoms with E-state index in [1.165, 1.54) is 12.1 Å². The SMILES string of the molecule is CCc1c(C)nc(-c2cccc(F)c2)nc1N1CCN(C(=O)c2ccccc2C)CC1. The molecule has 1 aliphatic heterocycles. The zero-order valence-corrected chi connectivity index (χ0v) is 18.2. The first kappa shape index (κ1) is 21.0. The van der Waals surface area contributed by atoms with Crippen molar-refractivity contribution in [1.29, 1.82) is 0 Å². The smallest absolute Gasteiger partial charge is 0.254 e. The van der Waals surface area contributed by atoms with Gasteiger partial charge in [-0.1, -0.05) is 37.3 Å². The molecule has 0 radical (unpaired) electrons. The van der Waals surface area contributed by atoms with Gasteiger partial charge in [0.25, 0.3) is 5.91 Å². The third kappa shape index (κ3) is 4.29. The van der Waals surface area contributed by atoms with Crippen molar-refractivity contribution in [3.8, 4) is 11.4 Å². The highest BCUT2D eigenvalue weighted by Gasteiger charge is 2.26. The quantitative estimate of drug-likeness (QED) is 0.629. The van der Waals surface area contributed by atoms with Crippen molar-refractivity contribution in [1.82, 2.24) is 14.9 Å². The summed E-state index contributed by atoms with van der Waals surface area (Å²) in [5, 5.41) is 0. The average molecular weight is 419 g/mol. The number of rotatable bonds is 4. The van der Waals surface area contributed by atoms with Crippen molar-refractivity contribution in [2.75, 3.05) is 31.1 Å². The molecule has 2 heterocycles. The first-order valence-electron chi connectivity index (χ1n) is 10.7. The molecule has 1 saturated heterocycles. The highest BCUT2D eigenvalue weighted by Crippen LogP contribution is 2.27. The second-order valence-corrected chi connectivity index (χ2v) is 7.89. The van der Waals surface area contributed by atoms with Gasteiger partial charge in [-0.3, -0.25) is 4.79 Å². The molecule has 2 aromatic carbocycles. The number of benzene rings is 2. The highest BCUT2D eigenvalue weighted by molar-refractivity contribution is 5.95. The Morgan fingerprint density at radius 3 is 2.42 bits per heavy atom. The third-order valence-corrected chi connectivity index (χ3v) is 5.87. The Kier molecular flexibility index (Phi) is 5.98. The number of halogens is 1. The van der Waals surface area contributed by atoms with Gasteiger partial charge in [0.15, 0.2) is 5.82 Å². The van der Waals surface area contributed by atoms with Crippen molar-refractivity contribution in [3.63, 3.8) is 0 Å². The normalized spacial score (nSPS) is 14.1. The molecule has 6 heteroatoms. The van der Waals surface area contributed by atoms with E-state index >= 15 is 0 Å². The minimum Gasteiger partial charge on any atom is -0.353 e. The molecule has 0 N–H and O–H groups in total. The molecule has 0 saturated carbocycles. The Morgan fingerprint density at radius 1 is 1.00 bits per heavy atom. The summed E-state index contributed by atoms with van der Waals surface area (Å²) < 4.78 is 13.7. The van der Waals surface area contributed by atoms with Gasteiger partial charge in [0, 0.05) is 48.6 Å². The van der Waals surface area contributed by atoms with E-state index in [-0.39, 0.29) is 11.7 Å². The van der Waals surface area contributed by atoms with E-state index in [4.69, 9.17) is 4.98 Å². The highest BCUT2D eigenvalue weighted by atomic mass is 19.1. The minimum absolute atomic E-state index is 0.0767. The van der Waals surface area contributed by atoms with E-state index in [2.05, 4.69) is 16.8 Å². The van der Waals surface area contributed by atoms with Crippen LogP contribution in [0.2, 0.25) is 0 Å². The molecule has 1 aromatic heterocycles. The molecule has 0 aliphatic carbocycles. The summed E-state index contributed by atoms with van der Waals surface area (Å²) in [6.45, 7) is 8.70. The van der Waals surface area contributed by atoms with Crippen LogP contribution in [0.4, 0.5) is 10.2 Å². The number of piperazine rings is 1. The van der Waals surface area contributed by atoms with Gasteiger partial charge < -0.3 is 9.80 Å². The number of hydrogen-bond acceptors (Lipinski definition) is 4. The molecule has 4 rings (SSSR count). The summed E-state index contributed by atoms with van der Waals surface area (Å²) in [6.07, 6.45) is 0.812. The molecule has 0 spiro atoms. The van der Waals surface area contributed by atoms with Gasteiger partial charge in [0.2, 0.25) is 0 Å². The molecule has 5 nitrogen and oxygen atoms in total. The van der Waals surface area contributed by atoms with Crippen LogP contribution in [0, 0.1) is 19.7 Å². The number of aromatic nitrogens is 2. The number of carbonyl (C=O) groups is 1. The zero-order chi connectivity index (χ0) is 22.0. The van der Waals surface area contributed by atoms with E-state index in [9.17, 15) is 9.18 Å². The Morgan fingerprint density at radius 2 is 1.74 bits per heavy atom. The van der Waals surface area contributed by atoms with Gasteiger partial charge in [-0.05, 0) is 44.0 Å². The van der Waals surface area contributed by atoms with E-state index in [0.717, 1.165) is 34.6 Å². The van der Waals surface area contributed by atoms with Gasteiger partial charge in [0.1, 0.15) is 11.6 Å². The molecule has 0 atom stereocenters. The Bertz CT molecular complexity index is 1110. The van der Waals surface area contributed by atoms with Crippen LogP contribution in [0.15, 0.2) is 48.5 Å². The van der Waals surface area contributed by atoms with Gasteiger partial charge in [0.05, 0.1) is 0 Å². The van der Waals surface area contributed by atoms with Crippen LogP contribution in [-0.4, -0.2) is 47.0 Å². The summed E-state index contributed by atoms with van der Waals surface area (Å²) in [4.78, 5) is 26.5. The zero-order valence-electron chi connectivity index (χ0n) is 18.2. The van der Waals surface area contributed by atoms with Crippen LogP contribution < -0.4 is 4.90 Å². The maximum Gasteiger partial charge on any atom is 0.254 e. The molecule has 1 aliphatic rings. The lowest BCUT2D eigenvalue weighted by molar-refractivity contribution is 0.0745. The molecule has 31 heavy (non-hydrogen) atoms. The van der Waals surface area contributed by atoms with Gasteiger partial charge >= 0.3 is 0 Å². The van der Waals surface area contributed by atoms with E-state index in [1.807, 2.05) is 49.1 Å². The van der Waals surface area contributed by atoms with Crippen molar-refractivity contribution >= 4 is 11.7 Å². The molecule has 160 valence electrons. The van der Waals surface area contributed by atoms with E-state index < -0.39 is 0 Å². The number of amides is 1. The topological polar surface area (TPSA) is 49.3 Å². The maximum absolute atomic E-state index is 13.7. The summed E-state index contributed by atoms with van der Waals surface area (Å²) >= 11 is 0. The van der Waals surface area contributed by atoms with Crippen LogP contribution in [0.1, 0.15) is 34.1 Å². The molecule has 0 unspecified atom stereocenters. The summed E-state index contributed by atoms with van der Waals surface area (Å²) in [5.41, 5.74) is 4.43. The summed E-state index contributed by atoms with van der Waals surface area (Å²) in [5.74, 6) is 1.19. The number of nitrogens with zero attached hydrogens (tertiary/aromatic N) is 4. The first-order chi connectivity index (χ1) is 15.0. The number of aryl methyl sites for hydroxylation is 2. The predicted molar refractivity (Wildman–Crippen MR) is 121 cm³/mol. The van der Waals surface area contributed by atoms with Crippen LogP contribution >= 0.6 is 0 Å². The molecule has 1 fully saturated rings. The van der Waals surface area contributed by atoms with Crippen LogP contribution in [-0.2, 0) is 6.42 Å². The lowest BCUT2D eigenvalue weighted by Crippen LogP contribution is -2.49. The van der Waals surface area contributed by atoms with Crippen molar-refractivity contribution < 1.29 is 9.18 Å². The largest absolute Gasteiger partial charge is 0.353 e.